The summed E-state index contributed by atoms with van der Waals surface area (Å²) in [7, 11) is -3.87. The molecule has 3 nitrogen and oxygen atoms in total. The van der Waals surface area contributed by atoms with Gasteiger partial charge >= 0.3 is 0 Å². The standard InChI is InChI=1S/C13H10BrF2NO2S/c14-9-2-1-8(13(16)3-9)7-20(18,19)12-5-10(15)4-11(17)6-12/h1-6H,7,17H2. The van der Waals surface area contributed by atoms with Crippen molar-refractivity contribution in [2.24, 2.45) is 0 Å². The Morgan fingerprint density at radius 1 is 1.10 bits per heavy atom. The topological polar surface area (TPSA) is 60.2 Å². The fourth-order valence-electron chi connectivity index (χ4n) is 1.69. The zero-order valence-corrected chi connectivity index (χ0v) is 12.5. The highest BCUT2D eigenvalue weighted by Gasteiger charge is 2.19. The first-order valence-electron chi connectivity index (χ1n) is 5.51. The van der Waals surface area contributed by atoms with E-state index < -0.39 is 27.2 Å². The summed E-state index contributed by atoms with van der Waals surface area (Å²) in [5, 5.41) is 0. The summed E-state index contributed by atoms with van der Waals surface area (Å²) in [5.74, 6) is -1.96. The number of rotatable bonds is 3. The molecule has 20 heavy (non-hydrogen) atoms. The number of nitrogen functional groups attached to an aromatic ring is 1. The van der Waals surface area contributed by atoms with Gasteiger partial charge < -0.3 is 5.73 Å². The average molecular weight is 362 g/mol. The van der Waals surface area contributed by atoms with Gasteiger partial charge in [-0.05, 0) is 30.3 Å². The summed E-state index contributed by atoms with van der Waals surface area (Å²) in [4.78, 5) is -0.266. The molecule has 0 atom stereocenters. The first-order valence-corrected chi connectivity index (χ1v) is 7.95. The number of benzene rings is 2. The Labute approximate surface area is 123 Å². The molecule has 0 saturated carbocycles. The molecule has 0 heterocycles. The van der Waals surface area contributed by atoms with Gasteiger partial charge in [0.1, 0.15) is 11.6 Å². The summed E-state index contributed by atoms with van der Waals surface area (Å²) in [6.45, 7) is 0. The second-order valence-electron chi connectivity index (χ2n) is 4.22. The molecule has 0 aliphatic rings. The Morgan fingerprint density at radius 2 is 1.80 bits per heavy atom. The van der Waals surface area contributed by atoms with Crippen LogP contribution in [0.3, 0.4) is 0 Å². The Kier molecular flexibility index (Phi) is 4.10. The number of anilines is 1. The molecule has 0 amide bonds. The lowest BCUT2D eigenvalue weighted by Gasteiger charge is -2.07. The van der Waals surface area contributed by atoms with Crippen LogP contribution < -0.4 is 5.73 Å². The molecule has 0 saturated heterocycles. The molecular weight excluding hydrogens is 352 g/mol. The molecule has 0 aliphatic carbocycles. The van der Waals surface area contributed by atoms with Gasteiger partial charge in [0, 0.05) is 15.7 Å². The van der Waals surface area contributed by atoms with E-state index in [0.29, 0.717) is 4.47 Å². The zero-order chi connectivity index (χ0) is 14.9. The van der Waals surface area contributed by atoms with E-state index in [1.807, 2.05) is 0 Å². The van der Waals surface area contributed by atoms with E-state index in [1.165, 1.54) is 18.2 Å². The molecule has 2 aromatic carbocycles. The molecule has 0 bridgehead atoms. The van der Waals surface area contributed by atoms with Crippen LogP contribution in [0.2, 0.25) is 0 Å². The van der Waals surface area contributed by atoms with Gasteiger partial charge in [0.15, 0.2) is 9.84 Å². The van der Waals surface area contributed by atoms with E-state index in [2.05, 4.69) is 15.9 Å². The average Bonchev–Trinajstić information content (AvgIpc) is 2.31. The van der Waals surface area contributed by atoms with Crippen LogP contribution >= 0.6 is 15.9 Å². The third-order valence-corrected chi connectivity index (χ3v) is 4.75. The Hall–Kier alpha value is -1.47. The highest BCUT2D eigenvalue weighted by molar-refractivity contribution is 9.10. The Bertz CT molecular complexity index is 743. The van der Waals surface area contributed by atoms with Crippen molar-refractivity contribution in [3.8, 4) is 0 Å². The first-order chi connectivity index (χ1) is 9.28. The largest absolute Gasteiger partial charge is 0.399 e. The predicted octanol–water partition coefficient (Wildman–Crippen LogP) is 3.28. The van der Waals surface area contributed by atoms with Gasteiger partial charge in [0.05, 0.1) is 10.6 Å². The van der Waals surface area contributed by atoms with Crippen LogP contribution in [-0.2, 0) is 15.6 Å². The van der Waals surface area contributed by atoms with Crippen molar-refractivity contribution >= 4 is 31.5 Å². The quantitative estimate of drug-likeness (QED) is 0.853. The first kappa shape index (κ1) is 14.9. The molecule has 2 aromatic rings. The monoisotopic (exact) mass is 361 g/mol. The SMILES string of the molecule is Nc1cc(F)cc(S(=O)(=O)Cc2ccc(Br)cc2F)c1. The van der Waals surface area contributed by atoms with Crippen molar-refractivity contribution in [3.63, 3.8) is 0 Å². The highest BCUT2D eigenvalue weighted by atomic mass is 79.9. The van der Waals surface area contributed by atoms with E-state index in [-0.39, 0.29) is 16.1 Å². The number of hydrogen-bond acceptors (Lipinski definition) is 3. The van der Waals surface area contributed by atoms with Crippen molar-refractivity contribution < 1.29 is 17.2 Å². The van der Waals surface area contributed by atoms with Crippen LogP contribution in [0, 0.1) is 11.6 Å². The van der Waals surface area contributed by atoms with E-state index in [9.17, 15) is 17.2 Å². The van der Waals surface area contributed by atoms with Crippen molar-refractivity contribution in [2.45, 2.75) is 10.6 Å². The molecule has 0 unspecified atom stereocenters. The maximum absolute atomic E-state index is 13.7. The molecular formula is C13H10BrF2NO2S. The second-order valence-corrected chi connectivity index (χ2v) is 7.12. The molecule has 2 N–H and O–H groups in total. The number of nitrogens with two attached hydrogens (primary N) is 1. The number of hydrogen-bond donors (Lipinski definition) is 1. The number of sulfone groups is 1. The Balaban J connectivity index is 2.40. The van der Waals surface area contributed by atoms with Gasteiger partial charge in [-0.3, -0.25) is 0 Å². The summed E-state index contributed by atoms with van der Waals surface area (Å²) in [5.41, 5.74) is 5.42. The lowest BCUT2D eigenvalue weighted by atomic mass is 10.2. The molecule has 2 rings (SSSR count). The van der Waals surface area contributed by atoms with Crippen LogP contribution in [0.5, 0.6) is 0 Å². The fraction of sp³-hybridized carbons (Fsp3) is 0.0769. The van der Waals surface area contributed by atoms with E-state index >= 15 is 0 Å². The van der Waals surface area contributed by atoms with Crippen LogP contribution in [-0.4, -0.2) is 8.42 Å². The second kappa shape index (κ2) is 5.49. The molecule has 0 aromatic heterocycles. The molecule has 0 aliphatic heterocycles. The summed E-state index contributed by atoms with van der Waals surface area (Å²) < 4.78 is 51.7. The van der Waals surface area contributed by atoms with Crippen LogP contribution in [0.1, 0.15) is 5.56 Å². The minimum atomic E-state index is -3.87. The molecule has 0 radical (unpaired) electrons. The van der Waals surface area contributed by atoms with Crippen molar-refractivity contribution in [1.82, 2.24) is 0 Å². The lowest BCUT2D eigenvalue weighted by molar-refractivity contribution is 0.583. The molecule has 0 spiro atoms. The minimum absolute atomic E-state index is 0.000136. The van der Waals surface area contributed by atoms with E-state index in [1.54, 1.807) is 0 Å². The third-order valence-electron chi connectivity index (χ3n) is 2.61. The van der Waals surface area contributed by atoms with E-state index in [0.717, 1.165) is 18.2 Å². The van der Waals surface area contributed by atoms with Gasteiger partial charge in [0.2, 0.25) is 0 Å². The summed E-state index contributed by atoms with van der Waals surface area (Å²) in [6, 6.07) is 7.09. The maximum atomic E-state index is 13.7. The van der Waals surface area contributed by atoms with Gasteiger partial charge in [-0.1, -0.05) is 22.0 Å². The summed E-state index contributed by atoms with van der Waals surface area (Å²) in [6.07, 6.45) is 0. The smallest absolute Gasteiger partial charge is 0.182 e. The van der Waals surface area contributed by atoms with E-state index in [4.69, 9.17) is 5.73 Å². The Morgan fingerprint density at radius 3 is 2.40 bits per heavy atom. The number of halogens is 3. The van der Waals surface area contributed by atoms with Crippen LogP contribution in [0.15, 0.2) is 45.8 Å². The third kappa shape index (κ3) is 3.34. The fourth-order valence-corrected chi connectivity index (χ4v) is 3.44. The van der Waals surface area contributed by atoms with Crippen LogP contribution in [0.25, 0.3) is 0 Å². The van der Waals surface area contributed by atoms with Crippen molar-refractivity contribution in [3.05, 3.63) is 58.1 Å². The molecule has 7 heteroatoms. The molecule has 0 fully saturated rings. The predicted molar refractivity (Wildman–Crippen MR) is 75.8 cm³/mol. The van der Waals surface area contributed by atoms with Crippen molar-refractivity contribution in [1.29, 1.82) is 0 Å². The van der Waals surface area contributed by atoms with Crippen molar-refractivity contribution in [2.75, 3.05) is 5.73 Å². The highest BCUT2D eigenvalue weighted by Crippen LogP contribution is 2.23. The zero-order valence-electron chi connectivity index (χ0n) is 10.1. The van der Waals surface area contributed by atoms with Gasteiger partial charge in [-0.25, -0.2) is 17.2 Å². The minimum Gasteiger partial charge on any atom is -0.399 e. The van der Waals surface area contributed by atoms with Gasteiger partial charge in [-0.15, -0.1) is 0 Å². The van der Waals surface area contributed by atoms with Gasteiger partial charge in [0.25, 0.3) is 0 Å². The maximum Gasteiger partial charge on any atom is 0.182 e. The summed E-state index contributed by atoms with van der Waals surface area (Å²) >= 11 is 3.08. The normalized spacial score (nSPS) is 11.6. The lowest BCUT2D eigenvalue weighted by Crippen LogP contribution is -2.07. The van der Waals surface area contributed by atoms with Crippen LogP contribution in [0.4, 0.5) is 14.5 Å². The van der Waals surface area contributed by atoms with Gasteiger partial charge in [-0.2, -0.15) is 0 Å². The molecule has 106 valence electrons.